The van der Waals surface area contributed by atoms with E-state index >= 15 is 0 Å². The van der Waals surface area contributed by atoms with E-state index in [-0.39, 0.29) is 10.7 Å². The van der Waals surface area contributed by atoms with Crippen LogP contribution in [-0.2, 0) is 0 Å². The lowest BCUT2D eigenvalue weighted by molar-refractivity contribution is -0.847. The molecule has 3 heteroatoms. The summed E-state index contributed by atoms with van der Waals surface area (Å²) in [4.78, 5) is 0.176. The molecule has 1 aromatic rings. The molecule has 0 amide bonds. The van der Waals surface area contributed by atoms with Gasteiger partial charge in [0.05, 0.1) is 15.3 Å². The summed E-state index contributed by atoms with van der Waals surface area (Å²) >= 11 is 0. The second-order valence-corrected chi connectivity index (χ2v) is 1.88. The maximum absolute atomic E-state index is 12.2. The first-order valence-corrected chi connectivity index (χ1v) is 2.57. The van der Waals surface area contributed by atoms with Gasteiger partial charge >= 0.3 is 5.88 Å². The van der Waals surface area contributed by atoms with Crippen molar-refractivity contribution in [3.63, 3.8) is 0 Å². The molecule has 0 bridgehead atoms. The molecular formula is C6H7FNO+. The number of pyridine rings is 1. The first kappa shape index (κ1) is 6.01. The zero-order chi connectivity index (χ0) is 6.85. The average molecular weight is 128 g/mol. The summed E-state index contributed by atoms with van der Waals surface area (Å²) < 4.78 is 12.2. The Morgan fingerprint density at radius 1 is 1.56 bits per heavy atom. The highest BCUT2D eigenvalue weighted by molar-refractivity contribution is 5.08. The van der Waals surface area contributed by atoms with E-state index in [0.29, 0.717) is 0 Å². The van der Waals surface area contributed by atoms with Crippen molar-refractivity contribution >= 4 is 0 Å². The van der Waals surface area contributed by atoms with Gasteiger partial charge in [0.15, 0.2) is 0 Å². The molecule has 1 N–H and O–H groups in total. The van der Waals surface area contributed by atoms with Crippen molar-refractivity contribution in [2.75, 3.05) is 0 Å². The highest BCUT2D eigenvalue weighted by Crippen LogP contribution is 2.00. The average Bonchev–Trinajstić information content (AvgIpc) is 1.80. The van der Waals surface area contributed by atoms with E-state index < -0.39 is 0 Å². The van der Waals surface area contributed by atoms with Gasteiger partial charge in [-0.2, -0.15) is 0 Å². The van der Waals surface area contributed by atoms with Crippen molar-refractivity contribution < 1.29 is 14.4 Å². The SMILES string of the molecule is Cc1ccc(O)[n+](F)c1. The smallest absolute Gasteiger partial charge is 0.411 e. The van der Waals surface area contributed by atoms with E-state index in [4.69, 9.17) is 5.11 Å². The Labute approximate surface area is 52.1 Å². The third-order valence-corrected chi connectivity index (χ3v) is 1.03. The van der Waals surface area contributed by atoms with E-state index in [9.17, 15) is 4.48 Å². The van der Waals surface area contributed by atoms with Crippen LogP contribution >= 0.6 is 0 Å². The summed E-state index contributed by atoms with van der Waals surface area (Å²) in [5.74, 6) is -0.374. The van der Waals surface area contributed by atoms with Crippen molar-refractivity contribution in [1.29, 1.82) is 0 Å². The molecule has 9 heavy (non-hydrogen) atoms. The highest BCUT2D eigenvalue weighted by atomic mass is 19.2. The number of aromatic nitrogens is 1. The van der Waals surface area contributed by atoms with Crippen LogP contribution in [0.2, 0.25) is 0 Å². The Morgan fingerprint density at radius 3 is 2.67 bits per heavy atom. The molecule has 1 heterocycles. The second-order valence-electron chi connectivity index (χ2n) is 1.88. The minimum Gasteiger partial charge on any atom is -0.457 e. The number of aryl methyl sites for hydroxylation is 1. The summed E-state index contributed by atoms with van der Waals surface area (Å²) in [6.07, 6.45) is 1.20. The summed E-state index contributed by atoms with van der Waals surface area (Å²) in [6.45, 7) is 1.75. The van der Waals surface area contributed by atoms with Crippen LogP contribution in [0, 0.1) is 6.92 Å². The van der Waals surface area contributed by atoms with Crippen LogP contribution < -0.4 is 4.79 Å². The Balaban J connectivity index is 3.17. The van der Waals surface area contributed by atoms with E-state index in [1.807, 2.05) is 0 Å². The molecule has 0 radical (unpaired) electrons. The predicted octanol–water partition coefficient (Wildman–Crippen LogP) is 0.721. The summed E-state index contributed by atoms with van der Waals surface area (Å²) in [5, 5.41) is 8.63. The van der Waals surface area contributed by atoms with E-state index in [0.717, 1.165) is 5.56 Å². The molecule has 48 valence electrons. The Bertz CT molecular complexity index is 224. The number of nitrogens with zero attached hydrogens (tertiary/aromatic N) is 1. The first-order valence-electron chi connectivity index (χ1n) is 2.57. The minimum atomic E-state index is -0.374. The highest BCUT2D eigenvalue weighted by Gasteiger charge is 2.06. The molecule has 0 aliphatic rings. The predicted molar refractivity (Wildman–Crippen MR) is 29.5 cm³/mol. The van der Waals surface area contributed by atoms with Crippen LogP contribution in [0.5, 0.6) is 5.88 Å². The molecular weight excluding hydrogens is 121 g/mol. The fourth-order valence-corrected chi connectivity index (χ4v) is 0.565. The number of hydrogen-bond donors (Lipinski definition) is 1. The second kappa shape index (κ2) is 2.01. The Kier molecular flexibility index (Phi) is 1.34. The van der Waals surface area contributed by atoms with Crippen LogP contribution in [0.4, 0.5) is 4.48 Å². The molecule has 0 aliphatic heterocycles. The van der Waals surface area contributed by atoms with Gasteiger partial charge in [0.25, 0.3) is 0 Å². The topological polar surface area (TPSA) is 24.1 Å². The fourth-order valence-electron chi connectivity index (χ4n) is 0.565. The fraction of sp³-hybridized carbons (Fsp3) is 0.167. The van der Waals surface area contributed by atoms with E-state index in [1.165, 1.54) is 12.3 Å². The van der Waals surface area contributed by atoms with Crippen LogP contribution in [0.15, 0.2) is 18.3 Å². The Hall–Kier alpha value is -1.12. The lowest BCUT2D eigenvalue weighted by Crippen LogP contribution is -2.21. The molecule has 0 aromatic carbocycles. The van der Waals surface area contributed by atoms with Gasteiger partial charge in [-0.3, -0.25) is 0 Å². The van der Waals surface area contributed by atoms with Crippen LogP contribution in [0.3, 0.4) is 0 Å². The van der Waals surface area contributed by atoms with Gasteiger partial charge in [0, 0.05) is 5.56 Å². The number of hydrogen-bond acceptors (Lipinski definition) is 1. The lowest BCUT2D eigenvalue weighted by Gasteiger charge is -1.84. The molecule has 2 nitrogen and oxygen atoms in total. The molecule has 0 fully saturated rings. The van der Waals surface area contributed by atoms with Crippen molar-refractivity contribution in [2.24, 2.45) is 0 Å². The maximum Gasteiger partial charge on any atom is 0.411 e. The monoisotopic (exact) mass is 128 g/mol. The van der Waals surface area contributed by atoms with Crippen molar-refractivity contribution in [3.05, 3.63) is 23.9 Å². The molecule has 0 aliphatic carbocycles. The lowest BCUT2D eigenvalue weighted by atomic mass is 10.3. The van der Waals surface area contributed by atoms with E-state index in [1.54, 1.807) is 13.0 Å². The van der Waals surface area contributed by atoms with Crippen LogP contribution in [-0.4, -0.2) is 5.11 Å². The van der Waals surface area contributed by atoms with Gasteiger partial charge in [-0.25, -0.2) is 0 Å². The van der Waals surface area contributed by atoms with Gasteiger partial charge in [0.1, 0.15) is 0 Å². The normalized spacial score (nSPS) is 9.56. The zero-order valence-corrected chi connectivity index (χ0v) is 5.00. The van der Waals surface area contributed by atoms with Crippen molar-refractivity contribution in [3.8, 4) is 5.88 Å². The summed E-state index contributed by atoms with van der Waals surface area (Å²) in [7, 11) is 0. The molecule has 1 aromatic heterocycles. The zero-order valence-electron chi connectivity index (χ0n) is 5.00. The summed E-state index contributed by atoms with van der Waals surface area (Å²) in [6, 6.07) is 2.93. The molecule has 0 saturated carbocycles. The van der Waals surface area contributed by atoms with Gasteiger partial charge in [-0.05, 0) is 13.0 Å². The quantitative estimate of drug-likeness (QED) is 0.547. The molecule has 0 unspecified atom stereocenters. The standard InChI is InChI=1S/C6H6FNO/c1-5-2-3-6(9)8(7)4-5/h2-4H,1H3/p+1. The first-order chi connectivity index (χ1) is 4.20. The van der Waals surface area contributed by atoms with Gasteiger partial charge < -0.3 is 5.11 Å². The van der Waals surface area contributed by atoms with Crippen LogP contribution in [0.1, 0.15) is 5.56 Å². The number of rotatable bonds is 0. The van der Waals surface area contributed by atoms with Gasteiger partial charge in [0.2, 0.25) is 6.20 Å². The third kappa shape index (κ3) is 1.16. The molecule has 1 rings (SSSR count). The maximum atomic E-state index is 12.2. The molecule has 0 atom stereocenters. The van der Waals surface area contributed by atoms with Crippen LogP contribution in [0.25, 0.3) is 0 Å². The number of halogens is 1. The third-order valence-electron chi connectivity index (χ3n) is 1.03. The largest absolute Gasteiger partial charge is 0.457 e. The van der Waals surface area contributed by atoms with Crippen molar-refractivity contribution in [2.45, 2.75) is 6.92 Å². The van der Waals surface area contributed by atoms with E-state index in [2.05, 4.69) is 0 Å². The Morgan fingerprint density at radius 2 is 2.22 bits per heavy atom. The van der Waals surface area contributed by atoms with Gasteiger partial charge in [-0.15, -0.1) is 0 Å². The van der Waals surface area contributed by atoms with Crippen molar-refractivity contribution in [1.82, 2.24) is 0 Å². The summed E-state index contributed by atoms with van der Waals surface area (Å²) in [5.41, 5.74) is 0.773. The minimum absolute atomic E-state index is 0.176. The molecule has 0 spiro atoms. The van der Waals surface area contributed by atoms with Gasteiger partial charge in [-0.1, -0.05) is 0 Å². The molecule has 0 saturated heterocycles. The number of aromatic hydroxyl groups is 1.